The van der Waals surface area contributed by atoms with Gasteiger partial charge in [-0.2, -0.15) is 0 Å². The van der Waals surface area contributed by atoms with Gasteiger partial charge in [0.2, 0.25) is 4.77 Å². The quantitative estimate of drug-likeness (QED) is 0.713. The third kappa shape index (κ3) is 2.07. The average Bonchev–Trinajstić information content (AvgIpc) is 2.68. The molecule has 3 rings (SSSR count). The molecule has 0 amide bonds. The lowest BCUT2D eigenvalue weighted by atomic mass is 10.1. The molecule has 0 aliphatic rings. The minimum absolute atomic E-state index is 0.589. The Bertz CT molecular complexity index is 755. The summed E-state index contributed by atoms with van der Waals surface area (Å²) in [4.78, 5) is 4.31. The Morgan fingerprint density at radius 2 is 1.94 bits per heavy atom. The minimum atomic E-state index is 0.589. The van der Waals surface area contributed by atoms with Crippen molar-refractivity contribution in [3.63, 3.8) is 0 Å². The Morgan fingerprint density at radius 3 is 2.67 bits per heavy atom. The maximum atomic E-state index is 5.09. The molecule has 0 aliphatic carbocycles. The van der Waals surface area contributed by atoms with Crippen LogP contribution in [0.2, 0.25) is 0 Å². The van der Waals surface area contributed by atoms with E-state index in [0.717, 1.165) is 12.2 Å². The Kier molecular flexibility index (Phi) is 2.72. The van der Waals surface area contributed by atoms with Crippen molar-refractivity contribution in [1.82, 2.24) is 14.8 Å². The van der Waals surface area contributed by atoms with E-state index in [1.165, 1.54) is 16.3 Å². The Balaban J connectivity index is 1.97. The van der Waals surface area contributed by atoms with Crippen molar-refractivity contribution in [2.24, 2.45) is 7.05 Å². The summed E-state index contributed by atoms with van der Waals surface area (Å²) < 4.78 is 2.34. The summed E-state index contributed by atoms with van der Waals surface area (Å²) in [7, 11) is 1.87. The largest absolute Gasteiger partial charge is 0.283 e. The third-order valence-electron chi connectivity index (χ3n) is 3.00. The summed E-state index contributed by atoms with van der Waals surface area (Å²) in [5.41, 5.74) is 1.23. The van der Waals surface area contributed by atoms with Crippen molar-refractivity contribution >= 4 is 23.0 Å². The molecule has 18 heavy (non-hydrogen) atoms. The van der Waals surface area contributed by atoms with Gasteiger partial charge in [-0.25, -0.2) is 4.98 Å². The number of aromatic amines is 1. The van der Waals surface area contributed by atoms with Crippen molar-refractivity contribution < 1.29 is 0 Å². The van der Waals surface area contributed by atoms with Crippen molar-refractivity contribution in [2.45, 2.75) is 6.42 Å². The maximum absolute atomic E-state index is 5.09. The van der Waals surface area contributed by atoms with E-state index in [9.17, 15) is 0 Å². The molecular weight excluding hydrogens is 242 g/mol. The molecule has 0 radical (unpaired) electrons. The number of aryl methyl sites for hydroxylation is 1. The number of nitrogens with zero attached hydrogens (tertiary/aromatic N) is 2. The molecule has 1 heterocycles. The van der Waals surface area contributed by atoms with Gasteiger partial charge < -0.3 is 0 Å². The lowest BCUT2D eigenvalue weighted by molar-refractivity contribution is 0.740. The molecule has 3 aromatic rings. The Hall–Kier alpha value is -1.94. The zero-order valence-electron chi connectivity index (χ0n) is 10.1. The van der Waals surface area contributed by atoms with E-state index in [-0.39, 0.29) is 0 Å². The first-order valence-electron chi connectivity index (χ1n) is 5.82. The molecule has 0 spiro atoms. The molecule has 0 saturated heterocycles. The molecule has 0 unspecified atom stereocenters. The Morgan fingerprint density at radius 1 is 1.17 bits per heavy atom. The van der Waals surface area contributed by atoms with Crippen molar-refractivity contribution in [1.29, 1.82) is 0 Å². The number of fused-ring (bicyclic) bond motifs is 1. The van der Waals surface area contributed by atoms with Gasteiger partial charge >= 0.3 is 0 Å². The molecule has 0 bridgehead atoms. The van der Waals surface area contributed by atoms with E-state index < -0.39 is 0 Å². The number of hydrogen-bond acceptors (Lipinski definition) is 2. The second-order valence-corrected chi connectivity index (χ2v) is 4.74. The van der Waals surface area contributed by atoms with Crippen molar-refractivity contribution in [2.75, 3.05) is 0 Å². The normalized spacial score (nSPS) is 10.9. The van der Waals surface area contributed by atoms with Gasteiger partial charge in [0.25, 0.3) is 0 Å². The van der Waals surface area contributed by atoms with Crippen LogP contribution in [0.4, 0.5) is 0 Å². The van der Waals surface area contributed by atoms with Crippen LogP contribution >= 0.6 is 12.2 Å². The van der Waals surface area contributed by atoms with E-state index in [1.54, 1.807) is 4.68 Å². The molecule has 1 aromatic heterocycles. The van der Waals surface area contributed by atoms with Crippen LogP contribution in [-0.4, -0.2) is 14.8 Å². The van der Waals surface area contributed by atoms with Crippen LogP contribution in [0.1, 0.15) is 11.4 Å². The smallest absolute Gasteiger partial charge is 0.215 e. The Labute approximate surface area is 110 Å². The second kappa shape index (κ2) is 4.38. The van der Waals surface area contributed by atoms with Gasteiger partial charge in [-0.15, -0.1) is 0 Å². The van der Waals surface area contributed by atoms with Gasteiger partial charge in [-0.1, -0.05) is 42.5 Å². The summed E-state index contributed by atoms with van der Waals surface area (Å²) >= 11 is 5.09. The monoisotopic (exact) mass is 255 g/mol. The fraction of sp³-hybridized carbons (Fsp3) is 0.143. The zero-order chi connectivity index (χ0) is 12.5. The van der Waals surface area contributed by atoms with E-state index in [4.69, 9.17) is 12.2 Å². The number of H-pyrrole nitrogens is 1. The highest BCUT2D eigenvalue weighted by atomic mass is 32.1. The first kappa shape index (κ1) is 11.2. The minimum Gasteiger partial charge on any atom is -0.283 e. The van der Waals surface area contributed by atoms with Crippen LogP contribution < -0.4 is 0 Å². The van der Waals surface area contributed by atoms with Gasteiger partial charge in [-0.05, 0) is 28.6 Å². The highest BCUT2D eigenvalue weighted by Gasteiger charge is 2.02. The van der Waals surface area contributed by atoms with Crippen LogP contribution in [0.5, 0.6) is 0 Å². The summed E-state index contributed by atoms with van der Waals surface area (Å²) in [6, 6.07) is 14.8. The molecule has 0 fully saturated rings. The highest BCUT2D eigenvalue weighted by Crippen LogP contribution is 2.17. The fourth-order valence-corrected chi connectivity index (χ4v) is 2.23. The first-order chi connectivity index (χ1) is 8.72. The van der Waals surface area contributed by atoms with Gasteiger partial charge in [0.15, 0.2) is 0 Å². The first-order valence-corrected chi connectivity index (χ1v) is 6.23. The van der Waals surface area contributed by atoms with Crippen LogP contribution in [0.15, 0.2) is 42.5 Å². The highest BCUT2D eigenvalue weighted by molar-refractivity contribution is 7.71. The van der Waals surface area contributed by atoms with E-state index >= 15 is 0 Å². The summed E-state index contributed by atoms with van der Waals surface area (Å²) in [6.07, 6.45) is 0.773. The maximum Gasteiger partial charge on any atom is 0.215 e. The molecular formula is C14H13N3S. The molecule has 1 N–H and O–H groups in total. The van der Waals surface area contributed by atoms with Gasteiger partial charge in [0.1, 0.15) is 5.82 Å². The molecule has 2 aromatic carbocycles. The van der Waals surface area contributed by atoms with Crippen LogP contribution in [0.3, 0.4) is 0 Å². The molecule has 0 saturated carbocycles. The van der Waals surface area contributed by atoms with Crippen LogP contribution in [0.25, 0.3) is 10.8 Å². The number of rotatable bonds is 2. The van der Waals surface area contributed by atoms with Gasteiger partial charge in [0, 0.05) is 13.5 Å². The van der Waals surface area contributed by atoms with Crippen LogP contribution in [-0.2, 0) is 13.5 Å². The predicted octanol–water partition coefficient (Wildman–Crippen LogP) is 3.22. The number of hydrogen-bond donors (Lipinski definition) is 1. The van der Waals surface area contributed by atoms with E-state index in [2.05, 4.69) is 52.5 Å². The molecule has 0 atom stereocenters. The van der Waals surface area contributed by atoms with Crippen molar-refractivity contribution in [3.8, 4) is 0 Å². The van der Waals surface area contributed by atoms with Crippen molar-refractivity contribution in [3.05, 3.63) is 58.6 Å². The second-order valence-electron chi connectivity index (χ2n) is 4.37. The number of aromatic nitrogens is 3. The fourth-order valence-electron chi connectivity index (χ4n) is 2.08. The van der Waals surface area contributed by atoms with Gasteiger partial charge in [0.05, 0.1) is 0 Å². The lowest BCUT2D eigenvalue weighted by Gasteiger charge is -2.01. The number of benzene rings is 2. The van der Waals surface area contributed by atoms with E-state index in [1.807, 2.05) is 7.05 Å². The van der Waals surface area contributed by atoms with Gasteiger partial charge in [-0.3, -0.25) is 9.78 Å². The lowest BCUT2D eigenvalue weighted by Crippen LogP contribution is -1.94. The zero-order valence-corrected chi connectivity index (χ0v) is 10.9. The summed E-state index contributed by atoms with van der Waals surface area (Å²) in [6.45, 7) is 0. The summed E-state index contributed by atoms with van der Waals surface area (Å²) in [5.74, 6) is 0.901. The molecule has 0 aliphatic heterocycles. The standard InChI is InChI=1S/C14H13N3S/c1-17-14(18)15-13(16-17)9-10-6-7-11-4-2-3-5-12(11)8-10/h2-8H,9H2,1H3,(H,15,16,18). The molecule has 3 nitrogen and oxygen atoms in total. The molecule has 90 valence electrons. The topological polar surface area (TPSA) is 33.6 Å². The third-order valence-corrected chi connectivity index (χ3v) is 3.36. The summed E-state index contributed by atoms with van der Waals surface area (Å²) in [5, 5.41) is 5.66. The SMILES string of the molecule is Cn1[nH]c(Cc2ccc3ccccc3c2)nc1=S. The van der Waals surface area contributed by atoms with Crippen LogP contribution in [0, 0.1) is 4.77 Å². The van der Waals surface area contributed by atoms with E-state index in [0.29, 0.717) is 4.77 Å². The number of nitrogens with one attached hydrogen (secondary N) is 1. The molecule has 4 heteroatoms. The predicted molar refractivity (Wildman–Crippen MR) is 75.1 cm³/mol. The average molecular weight is 255 g/mol.